The molecule has 1 unspecified atom stereocenters. The first-order valence-corrected chi connectivity index (χ1v) is 5.77. The Morgan fingerprint density at radius 2 is 1.79 bits per heavy atom. The molecule has 1 aliphatic heterocycles. The third-order valence-electron chi connectivity index (χ3n) is 2.95. The summed E-state index contributed by atoms with van der Waals surface area (Å²) in [5, 5.41) is 2.68. The molecule has 0 aliphatic carbocycles. The van der Waals surface area contributed by atoms with E-state index in [1.54, 1.807) is 18.2 Å². The van der Waals surface area contributed by atoms with Crippen LogP contribution in [0.15, 0.2) is 42.5 Å². The Kier molecular flexibility index (Phi) is 2.68. The summed E-state index contributed by atoms with van der Waals surface area (Å²) in [5.74, 6) is 0.531. The molecule has 1 aliphatic rings. The molecule has 96 valence electrons. The topological polar surface area (TPSA) is 64.4 Å². The average Bonchev–Trinajstić information content (AvgIpc) is 2.68. The van der Waals surface area contributed by atoms with Crippen molar-refractivity contribution in [1.82, 2.24) is 0 Å². The summed E-state index contributed by atoms with van der Waals surface area (Å²) in [4.78, 5) is 11.4. The van der Waals surface area contributed by atoms with Gasteiger partial charge in [0.05, 0.1) is 0 Å². The van der Waals surface area contributed by atoms with Gasteiger partial charge in [-0.05, 0) is 30.3 Å². The number of carbonyl (C=O) groups is 1. The van der Waals surface area contributed by atoms with E-state index in [1.165, 1.54) is 24.3 Å². The van der Waals surface area contributed by atoms with Gasteiger partial charge in [-0.3, -0.25) is 4.79 Å². The molecule has 2 aromatic rings. The Balaban J connectivity index is 1.86. The number of amides is 1. The molecule has 2 aromatic carbocycles. The van der Waals surface area contributed by atoms with Crippen LogP contribution in [0.25, 0.3) is 0 Å². The molecule has 1 atom stereocenters. The lowest BCUT2D eigenvalue weighted by molar-refractivity contribution is -0.116. The van der Waals surface area contributed by atoms with Gasteiger partial charge in [0.1, 0.15) is 23.4 Å². The number of nitrogens with one attached hydrogen (secondary N) is 1. The molecule has 3 N–H and O–H groups in total. The fraction of sp³-hybridized carbons (Fsp3) is 0.0714. The number of hydrogen-bond acceptors (Lipinski definition) is 3. The fourth-order valence-electron chi connectivity index (χ4n) is 1.97. The second kappa shape index (κ2) is 4.37. The lowest BCUT2D eigenvalue weighted by Gasteiger charge is -2.07. The van der Waals surface area contributed by atoms with Crippen molar-refractivity contribution in [3.63, 3.8) is 0 Å². The maximum absolute atomic E-state index is 12.8. The molecule has 0 saturated carbocycles. The minimum absolute atomic E-state index is 0.228. The van der Waals surface area contributed by atoms with E-state index in [0.717, 1.165) is 5.56 Å². The number of anilines is 1. The summed E-state index contributed by atoms with van der Waals surface area (Å²) in [5.41, 5.74) is 7.11. The Labute approximate surface area is 109 Å². The molecule has 0 fully saturated rings. The third kappa shape index (κ3) is 2.15. The second-order valence-electron chi connectivity index (χ2n) is 4.27. The summed E-state index contributed by atoms with van der Waals surface area (Å²) in [6, 6.07) is 10.2. The SMILES string of the molecule is NC1C(=O)Nc2cc(Oc3ccc(F)cc3)ccc21. The number of benzene rings is 2. The number of halogens is 1. The van der Waals surface area contributed by atoms with Gasteiger partial charge in [0, 0.05) is 17.3 Å². The van der Waals surface area contributed by atoms with Gasteiger partial charge in [-0.15, -0.1) is 0 Å². The van der Waals surface area contributed by atoms with Crippen LogP contribution in [0.5, 0.6) is 11.5 Å². The number of hydrogen-bond donors (Lipinski definition) is 2. The van der Waals surface area contributed by atoms with E-state index in [1.807, 2.05) is 0 Å². The molecule has 5 heteroatoms. The predicted molar refractivity (Wildman–Crippen MR) is 68.5 cm³/mol. The largest absolute Gasteiger partial charge is 0.457 e. The van der Waals surface area contributed by atoms with Crippen LogP contribution >= 0.6 is 0 Å². The molecule has 19 heavy (non-hydrogen) atoms. The van der Waals surface area contributed by atoms with Crippen LogP contribution in [0, 0.1) is 5.82 Å². The standard InChI is InChI=1S/C14H11FN2O2/c15-8-1-3-9(4-2-8)19-10-5-6-11-12(7-10)17-14(18)13(11)16/h1-7,13H,16H2,(H,17,18). The predicted octanol–water partition coefficient (Wildman–Crippen LogP) is 2.57. The summed E-state index contributed by atoms with van der Waals surface area (Å²) in [6.07, 6.45) is 0. The van der Waals surface area contributed by atoms with Gasteiger partial charge < -0.3 is 15.8 Å². The summed E-state index contributed by atoms with van der Waals surface area (Å²) < 4.78 is 18.3. The number of nitrogens with two attached hydrogens (primary N) is 1. The second-order valence-corrected chi connectivity index (χ2v) is 4.27. The molecular weight excluding hydrogens is 247 g/mol. The average molecular weight is 258 g/mol. The van der Waals surface area contributed by atoms with Crippen LogP contribution in [-0.2, 0) is 4.79 Å². The molecule has 0 spiro atoms. The van der Waals surface area contributed by atoms with Crippen molar-refractivity contribution in [1.29, 1.82) is 0 Å². The maximum Gasteiger partial charge on any atom is 0.245 e. The first-order chi connectivity index (χ1) is 9.13. The van der Waals surface area contributed by atoms with E-state index in [4.69, 9.17) is 10.5 Å². The maximum atomic E-state index is 12.8. The lowest BCUT2D eigenvalue weighted by atomic mass is 10.1. The molecule has 4 nitrogen and oxygen atoms in total. The molecule has 0 aromatic heterocycles. The highest BCUT2D eigenvalue weighted by atomic mass is 19.1. The monoisotopic (exact) mass is 258 g/mol. The normalized spacial score (nSPS) is 16.9. The molecule has 0 bridgehead atoms. The van der Waals surface area contributed by atoms with Crippen LogP contribution in [0.3, 0.4) is 0 Å². The molecular formula is C14H11FN2O2. The molecule has 1 amide bonds. The van der Waals surface area contributed by atoms with Gasteiger partial charge in [-0.2, -0.15) is 0 Å². The first kappa shape index (κ1) is 11.7. The molecule has 1 heterocycles. The van der Waals surface area contributed by atoms with Gasteiger partial charge in [0.25, 0.3) is 0 Å². The number of rotatable bonds is 2. The number of fused-ring (bicyclic) bond motifs is 1. The van der Waals surface area contributed by atoms with Gasteiger partial charge in [-0.1, -0.05) is 6.07 Å². The van der Waals surface area contributed by atoms with E-state index in [2.05, 4.69) is 5.32 Å². The fourth-order valence-corrected chi connectivity index (χ4v) is 1.97. The van der Waals surface area contributed by atoms with E-state index in [9.17, 15) is 9.18 Å². The van der Waals surface area contributed by atoms with Crippen molar-refractivity contribution in [2.24, 2.45) is 5.73 Å². The summed E-state index contributed by atoms with van der Waals surface area (Å²) >= 11 is 0. The van der Waals surface area contributed by atoms with Gasteiger partial charge in [0.2, 0.25) is 5.91 Å². The quantitative estimate of drug-likeness (QED) is 0.870. The minimum Gasteiger partial charge on any atom is -0.457 e. The zero-order valence-corrected chi connectivity index (χ0v) is 9.89. The van der Waals surface area contributed by atoms with E-state index in [0.29, 0.717) is 17.2 Å². The van der Waals surface area contributed by atoms with E-state index >= 15 is 0 Å². The Morgan fingerprint density at radius 1 is 1.11 bits per heavy atom. The van der Waals surface area contributed by atoms with Crippen molar-refractivity contribution in [2.75, 3.05) is 5.32 Å². The van der Waals surface area contributed by atoms with E-state index < -0.39 is 6.04 Å². The first-order valence-electron chi connectivity index (χ1n) is 5.77. The van der Waals surface area contributed by atoms with E-state index in [-0.39, 0.29) is 11.7 Å². The summed E-state index contributed by atoms with van der Waals surface area (Å²) in [6.45, 7) is 0. The minimum atomic E-state index is -0.630. The smallest absolute Gasteiger partial charge is 0.245 e. The highest BCUT2D eigenvalue weighted by Crippen LogP contribution is 2.33. The van der Waals surface area contributed by atoms with Gasteiger partial charge in [0.15, 0.2) is 0 Å². The molecule has 0 radical (unpaired) electrons. The van der Waals surface area contributed by atoms with Crippen molar-refractivity contribution in [3.8, 4) is 11.5 Å². The highest BCUT2D eigenvalue weighted by molar-refractivity contribution is 6.02. The zero-order valence-electron chi connectivity index (χ0n) is 9.89. The van der Waals surface area contributed by atoms with Crippen LogP contribution in [-0.4, -0.2) is 5.91 Å². The van der Waals surface area contributed by atoms with Crippen LogP contribution in [0.4, 0.5) is 10.1 Å². The Morgan fingerprint density at radius 3 is 2.53 bits per heavy atom. The highest BCUT2D eigenvalue weighted by Gasteiger charge is 2.27. The van der Waals surface area contributed by atoms with Crippen LogP contribution in [0.1, 0.15) is 11.6 Å². The lowest BCUT2D eigenvalue weighted by Crippen LogP contribution is -2.19. The zero-order chi connectivity index (χ0) is 13.4. The van der Waals surface area contributed by atoms with Crippen molar-refractivity contribution < 1.29 is 13.9 Å². The Hall–Kier alpha value is -2.40. The van der Waals surface area contributed by atoms with Crippen molar-refractivity contribution in [2.45, 2.75) is 6.04 Å². The van der Waals surface area contributed by atoms with Crippen LogP contribution < -0.4 is 15.8 Å². The molecule has 0 saturated heterocycles. The third-order valence-corrected chi connectivity index (χ3v) is 2.95. The number of carbonyl (C=O) groups excluding carboxylic acids is 1. The van der Waals surface area contributed by atoms with Crippen molar-refractivity contribution in [3.05, 3.63) is 53.8 Å². The van der Waals surface area contributed by atoms with Crippen LogP contribution in [0.2, 0.25) is 0 Å². The van der Waals surface area contributed by atoms with Crippen molar-refractivity contribution >= 4 is 11.6 Å². The van der Waals surface area contributed by atoms with Gasteiger partial charge >= 0.3 is 0 Å². The number of ether oxygens (including phenoxy) is 1. The van der Waals surface area contributed by atoms with Gasteiger partial charge in [-0.25, -0.2) is 4.39 Å². The summed E-state index contributed by atoms with van der Waals surface area (Å²) in [7, 11) is 0. The molecule has 3 rings (SSSR count). The Bertz CT molecular complexity index is 640.